The van der Waals surface area contributed by atoms with Gasteiger partial charge in [-0.3, -0.25) is 0 Å². The van der Waals surface area contributed by atoms with E-state index >= 15 is 0 Å². The lowest BCUT2D eigenvalue weighted by Crippen LogP contribution is -2.24. The molecule has 0 aliphatic heterocycles. The lowest BCUT2D eigenvalue weighted by Gasteiger charge is -2.19. The standard InChI is InChI=1S/C22H26N4O2/c1-22(2,3)17-8-10-18(11-9-17)28-13-12-26-15-16(14-24-25-21(23)27)19-6-4-5-7-20(19)26/h4-11,14-15H,12-13H2,1-3H3,(H3,23,25,27). The van der Waals surface area contributed by atoms with E-state index in [1.807, 2.05) is 42.6 Å². The van der Waals surface area contributed by atoms with E-state index in [9.17, 15) is 4.79 Å². The van der Waals surface area contributed by atoms with Crippen molar-refractivity contribution in [1.82, 2.24) is 9.99 Å². The van der Waals surface area contributed by atoms with E-state index in [1.54, 1.807) is 6.21 Å². The number of ether oxygens (including phenoxy) is 1. The fourth-order valence-corrected chi connectivity index (χ4v) is 3.04. The number of carbonyl (C=O) groups is 1. The second kappa shape index (κ2) is 8.17. The molecular formula is C22H26N4O2. The Morgan fingerprint density at radius 1 is 1.18 bits per heavy atom. The van der Waals surface area contributed by atoms with Gasteiger partial charge in [-0.25, -0.2) is 10.2 Å². The van der Waals surface area contributed by atoms with Gasteiger partial charge in [0, 0.05) is 22.7 Å². The molecule has 0 aliphatic carbocycles. The van der Waals surface area contributed by atoms with Gasteiger partial charge in [0.05, 0.1) is 12.8 Å². The van der Waals surface area contributed by atoms with E-state index in [0.717, 1.165) is 22.2 Å². The molecule has 0 atom stereocenters. The number of rotatable bonds is 6. The molecule has 2 aromatic carbocycles. The van der Waals surface area contributed by atoms with Crippen LogP contribution in [0.15, 0.2) is 59.8 Å². The van der Waals surface area contributed by atoms with Gasteiger partial charge >= 0.3 is 6.03 Å². The molecule has 0 saturated heterocycles. The second-order valence-electron chi connectivity index (χ2n) is 7.65. The van der Waals surface area contributed by atoms with Crippen LogP contribution in [0.1, 0.15) is 31.9 Å². The first kappa shape index (κ1) is 19.5. The summed E-state index contributed by atoms with van der Waals surface area (Å²) in [4.78, 5) is 10.8. The van der Waals surface area contributed by atoms with Gasteiger partial charge in [0.25, 0.3) is 0 Å². The van der Waals surface area contributed by atoms with Crippen molar-refractivity contribution in [1.29, 1.82) is 0 Å². The molecule has 1 heterocycles. The number of nitrogens with zero attached hydrogens (tertiary/aromatic N) is 2. The minimum Gasteiger partial charge on any atom is -0.492 e. The first-order valence-electron chi connectivity index (χ1n) is 9.24. The summed E-state index contributed by atoms with van der Waals surface area (Å²) in [5, 5.41) is 4.91. The van der Waals surface area contributed by atoms with Gasteiger partial charge in [-0.05, 0) is 29.2 Å². The number of benzene rings is 2. The van der Waals surface area contributed by atoms with Crippen LogP contribution in [0.2, 0.25) is 0 Å². The summed E-state index contributed by atoms with van der Waals surface area (Å²) in [6, 6.07) is 15.6. The third kappa shape index (κ3) is 4.71. The van der Waals surface area contributed by atoms with Crippen molar-refractivity contribution < 1.29 is 9.53 Å². The zero-order valence-corrected chi connectivity index (χ0v) is 16.5. The number of fused-ring (bicyclic) bond motifs is 1. The van der Waals surface area contributed by atoms with Crippen LogP contribution in [0.3, 0.4) is 0 Å². The van der Waals surface area contributed by atoms with E-state index < -0.39 is 6.03 Å². The Hall–Kier alpha value is -3.28. The first-order valence-corrected chi connectivity index (χ1v) is 9.24. The Kier molecular flexibility index (Phi) is 5.68. The maximum absolute atomic E-state index is 10.8. The maximum atomic E-state index is 10.8. The molecule has 0 unspecified atom stereocenters. The van der Waals surface area contributed by atoms with Crippen molar-refractivity contribution in [3.63, 3.8) is 0 Å². The van der Waals surface area contributed by atoms with Gasteiger partial charge in [0.2, 0.25) is 0 Å². The van der Waals surface area contributed by atoms with Gasteiger partial charge in [-0.1, -0.05) is 51.1 Å². The lowest BCUT2D eigenvalue weighted by atomic mass is 9.87. The van der Waals surface area contributed by atoms with Crippen LogP contribution >= 0.6 is 0 Å². The minimum atomic E-state index is -0.689. The number of hydrazone groups is 1. The Bertz CT molecular complexity index is 982. The predicted molar refractivity (Wildman–Crippen MR) is 113 cm³/mol. The molecule has 146 valence electrons. The zero-order chi connectivity index (χ0) is 20.1. The number of hydrogen-bond donors (Lipinski definition) is 2. The quantitative estimate of drug-likeness (QED) is 0.502. The third-order valence-electron chi connectivity index (χ3n) is 4.52. The number of primary amides is 1. The summed E-state index contributed by atoms with van der Waals surface area (Å²) in [6.45, 7) is 7.82. The summed E-state index contributed by atoms with van der Waals surface area (Å²) in [7, 11) is 0. The summed E-state index contributed by atoms with van der Waals surface area (Å²) in [5.74, 6) is 0.858. The van der Waals surface area contributed by atoms with Crippen molar-refractivity contribution in [2.75, 3.05) is 6.61 Å². The summed E-state index contributed by atoms with van der Waals surface area (Å²) < 4.78 is 8.04. The largest absolute Gasteiger partial charge is 0.492 e. The molecule has 0 saturated carbocycles. The van der Waals surface area contributed by atoms with Crippen LogP contribution in [-0.2, 0) is 12.0 Å². The maximum Gasteiger partial charge on any atom is 0.332 e. The van der Waals surface area contributed by atoms with Gasteiger partial charge < -0.3 is 15.0 Å². The molecule has 0 aliphatic rings. The van der Waals surface area contributed by atoms with Crippen molar-refractivity contribution in [3.8, 4) is 5.75 Å². The number of para-hydroxylation sites is 1. The number of nitrogens with one attached hydrogen (secondary N) is 1. The average molecular weight is 378 g/mol. The molecule has 0 radical (unpaired) electrons. The lowest BCUT2D eigenvalue weighted by molar-refractivity contribution is 0.249. The number of hydrogen-bond acceptors (Lipinski definition) is 3. The molecule has 6 nitrogen and oxygen atoms in total. The fraction of sp³-hybridized carbons (Fsp3) is 0.273. The molecule has 2 amide bonds. The van der Waals surface area contributed by atoms with Crippen LogP contribution in [-0.4, -0.2) is 23.4 Å². The Morgan fingerprint density at radius 3 is 2.57 bits per heavy atom. The van der Waals surface area contributed by atoms with Gasteiger partial charge in [0.1, 0.15) is 12.4 Å². The van der Waals surface area contributed by atoms with Gasteiger partial charge in [-0.2, -0.15) is 5.10 Å². The number of carbonyl (C=O) groups excluding carboxylic acids is 1. The first-order chi connectivity index (χ1) is 13.3. The number of nitrogens with two attached hydrogens (primary N) is 1. The molecule has 28 heavy (non-hydrogen) atoms. The highest BCUT2D eigenvalue weighted by atomic mass is 16.5. The SMILES string of the molecule is CC(C)(C)c1ccc(OCCn2cc(C=NNC(N)=O)c3ccccc32)cc1. The smallest absolute Gasteiger partial charge is 0.332 e. The molecule has 0 spiro atoms. The highest BCUT2D eigenvalue weighted by Crippen LogP contribution is 2.24. The molecule has 0 fully saturated rings. The molecular weight excluding hydrogens is 352 g/mol. The Labute approximate surface area is 165 Å². The molecule has 6 heteroatoms. The van der Waals surface area contributed by atoms with Crippen LogP contribution < -0.4 is 15.9 Å². The molecule has 3 N–H and O–H groups in total. The van der Waals surface area contributed by atoms with E-state index in [4.69, 9.17) is 10.5 Å². The molecule has 3 aromatic rings. The topological polar surface area (TPSA) is 81.6 Å². The monoisotopic (exact) mass is 378 g/mol. The van der Waals surface area contributed by atoms with Crippen molar-refractivity contribution >= 4 is 23.1 Å². The summed E-state index contributed by atoms with van der Waals surface area (Å²) >= 11 is 0. The van der Waals surface area contributed by atoms with Crippen LogP contribution in [0, 0.1) is 0 Å². The minimum absolute atomic E-state index is 0.129. The predicted octanol–water partition coefficient (Wildman–Crippen LogP) is 4.02. The van der Waals surface area contributed by atoms with Gasteiger partial charge in [0.15, 0.2) is 0 Å². The molecule has 0 bridgehead atoms. The van der Waals surface area contributed by atoms with Crippen LogP contribution in [0.25, 0.3) is 10.9 Å². The molecule has 3 rings (SSSR count). The molecule has 1 aromatic heterocycles. The zero-order valence-electron chi connectivity index (χ0n) is 16.5. The van der Waals surface area contributed by atoms with E-state index in [0.29, 0.717) is 13.2 Å². The van der Waals surface area contributed by atoms with Crippen LogP contribution in [0.5, 0.6) is 5.75 Å². The van der Waals surface area contributed by atoms with E-state index in [2.05, 4.69) is 48.0 Å². The highest BCUT2D eigenvalue weighted by molar-refractivity contribution is 5.99. The third-order valence-corrected chi connectivity index (χ3v) is 4.52. The average Bonchev–Trinajstić information content (AvgIpc) is 2.99. The summed E-state index contributed by atoms with van der Waals surface area (Å²) in [5.41, 5.74) is 10.7. The van der Waals surface area contributed by atoms with Gasteiger partial charge in [-0.15, -0.1) is 0 Å². The number of amides is 2. The number of aromatic nitrogens is 1. The van der Waals surface area contributed by atoms with E-state index in [-0.39, 0.29) is 5.41 Å². The Balaban J connectivity index is 1.69. The normalized spacial score (nSPS) is 11.8. The van der Waals surface area contributed by atoms with Crippen molar-refractivity contribution in [2.45, 2.75) is 32.7 Å². The van der Waals surface area contributed by atoms with Crippen molar-refractivity contribution in [3.05, 3.63) is 65.9 Å². The van der Waals surface area contributed by atoms with E-state index in [1.165, 1.54) is 5.56 Å². The van der Waals surface area contributed by atoms with Crippen LogP contribution in [0.4, 0.5) is 4.79 Å². The highest BCUT2D eigenvalue weighted by Gasteiger charge is 2.13. The summed E-state index contributed by atoms with van der Waals surface area (Å²) in [6.07, 6.45) is 3.58. The Morgan fingerprint density at radius 2 is 1.89 bits per heavy atom. The second-order valence-corrected chi connectivity index (χ2v) is 7.65. The van der Waals surface area contributed by atoms with Crippen molar-refractivity contribution in [2.24, 2.45) is 10.8 Å². The number of urea groups is 1. The fourth-order valence-electron chi connectivity index (χ4n) is 3.04.